The lowest BCUT2D eigenvalue weighted by atomic mass is 10.0. The zero-order chi connectivity index (χ0) is 10.7. The number of halogens is 2. The Hall–Kier alpha value is -0.240. The smallest absolute Gasteiger partial charge is 0.0468 e. The van der Waals surface area contributed by atoms with E-state index in [2.05, 4.69) is 5.32 Å². The van der Waals surface area contributed by atoms with Crippen LogP contribution in [0.2, 0.25) is 10.0 Å². The number of nitrogens with one attached hydrogen (secondary N) is 1. The molecule has 2 rings (SSSR count). The van der Waals surface area contributed by atoms with Gasteiger partial charge in [-0.2, -0.15) is 0 Å². The summed E-state index contributed by atoms with van der Waals surface area (Å²) in [5.74, 6) is 0. The Balaban J connectivity index is 2.19. The molecule has 0 bridgehead atoms. The van der Waals surface area contributed by atoms with Gasteiger partial charge in [-0.25, -0.2) is 0 Å². The van der Waals surface area contributed by atoms with Crippen molar-refractivity contribution in [1.29, 1.82) is 0 Å². The topological polar surface area (TPSA) is 12.0 Å². The quantitative estimate of drug-likeness (QED) is 0.780. The summed E-state index contributed by atoms with van der Waals surface area (Å²) in [6.45, 7) is 1.09. The van der Waals surface area contributed by atoms with Crippen molar-refractivity contribution < 1.29 is 0 Å². The lowest BCUT2D eigenvalue weighted by Crippen LogP contribution is -2.20. The summed E-state index contributed by atoms with van der Waals surface area (Å²) in [5.41, 5.74) is 1.18. The molecule has 0 amide bonds. The molecule has 15 heavy (non-hydrogen) atoms. The van der Waals surface area contributed by atoms with Gasteiger partial charge in [0.25, 0.3) is 0 Å². The third-order valence-electron chi connectivity index (χ3n) is 2.90. The van der Waals surface area contributed by atoms with Gasteiger partial charge in [0.2, 0.25) is 0 Å². The molecule has 1 aromatic carbocycles. The fourth-order valence-corrected chi connectivity index (χ4v) is 2.62. The molecule has 82 valence electrons. The zero-order valence-corrected chi connectivity index (χ0v) is 10.1. The summed E-state index contributed by atoms with van der Waals surface area (Å²) < 4.78 is 0. The van der Waals surface area contributed by atoms with Gasteiger partial charge < -0.3 is 5.32 Å². The molecule has 1 unspecified atom stereocenters. The van der Waals surface area contributed by atoms with Crippen LogP contribution in [0.3, 0.4) is 0 Å². The first-order chi connectivity index (χ1) is 7.27. The van der Waals surface area contributed by atoms with Crippen molar-refractivity contribution in [2.24, 2.45) is 0 Å². The van der Waals surface area contributed by atoms with E-state index in [-0.39, 0.29) is 0 Å². The van der Waals surface area contributed by atoms with Crippen LogP contribution in [0, 0.1) is 0 Å². The van der Waals surface area contributed by atoms with Crippen LogP contribution in [0.4, 0.5) is 0 Å². The second-order valence-electron chi connectivity index (χ2n) is 4.02. The average molecular weight is 244 g/mol. The van der Waals surface area contributed by atoms with Gasteiger partial charge in [-0.3, -0.25) is 0 Å². The molecule has 1 aliphatic rings. The fraction of sp³-hybridized carbons (Fsp3) is 0.500. The highest BCUT2D eigenvalue weighted by Gasteiger charge is 2.16. The summed E-state index contributed by atoms with van der Waals surface area (Å²) >= 11 is 12.1. The monoisotopic (exact) mass is 243 g/mol. The van der Waals surface area contributed by atoms with Crippen molar-refractivity contribution in [3.63, 3.8) is 0 Å². The Morgan fingerprint density at radius 3 is 2.80 bits per heavy atom. The lowest BCUT2D eigenvalue weighted by molar-refractivity contribution is 0.535. The van der Waals surface area contributed by atoms with Gasteiger partial charge in [-0.15, -0.1) is 0 Å². The fourth-order valence-electron chi connectivity index (χ4n) is 2.08. The maximum absolute atomic E-state index is 6.19. The summed E-state index contributed by atoms with van der Waals surface area (Å²) in [4.78, 5) is 0. The highest BCUT2D eigenvalue weighted by Crippen LogP contribution is 2.30. The molecular weight excluding hydrogens is 229 g/mol. The van der Waals surface area contributed by atoms with Crippen LogP contribution in [0.1, 0.15) is 37.3 Å². The van der Waals surface area contributed by atoms with E-state index in [1.807, 2.05) is 18.2 Å². The molecule has 1 fully saturated rings. The minimum absolute atomic E-state index is 0.400. The van der Waals surface area contributed by atoms with Gasteiger partial charge in [-0.05, 0) is 37.1 Å². The second-order valence-corrected chi connectivity index (χ2v) is 4.87. The number of rotatable bonds is 1. The van der Waals surface area contributed by atoms with Crippen molar-refractivity contribution in [3.05, 3.63) is 33.8 Å². The summed E-state index contributed by atoms with van der Waals surface area (Å²) in [5, 5.41) is 5.02. The zero-order valence-electron chi connectivity index (χ0n) is 8.60. The van der Waals surface area contributed by atoms with E-state index >= 15 is 0 Å². The molecule has 1 atom stereocenters. The van der Waals surface area contributed by atoms with E-state index in [1.165, 1.54) is 31.2 Å². The third kappa shape index (κ3) is 2.87. The molecule has 0 radical (unpaired) electrons. The van der Waals surface area contributed by atoms with Gasteiger partial charge in [0.1, 0.15) is 0 Å². The summed E-state index contributed by atoms with van der Waals surface area (Å²) in [6, 6.07) is 6.17. The van der Waals surface area contributed by atoms with Crippen LogP contribution in [-0.2, 0) is 0 Å². The third-order valence-corrected chi connectivity index (χ3v) is 3.46. The van der Waals surface area contributed by atoms with E-state index in [0.717, 1.165) is 11.6 Å². The highest BCUT2D eigenvalue weighted by atomic mass is 35.5. The maximum Gasteiger partial charge on any atom is 0.0468 e. The normalized spacial score (nSPS) is 22.4. The Kier molecular flexibility index (Phi) is 3.90. The molecule has 1 nitrogen and oxygen atoms in total. The van der Waals surface area contributed by atoms with Crippen LogP contribution in [0.25, 0.3) is 0 Å². The first-order valence-electron chi connectivity index (χ1n) is 5.46. The molecule has 1 saturated heterocycles. The molecule has 1 N–H and O–H groups in total. The van der Waals surface area contributed by atoms with Crippen molar-refractivity contribution >= 4 is 23.2 Å². The van der Waals surface area contributed by atoms with Gasteiger partial charge in [0.05, 0.1) is 0 Å². The lowest BCUT2D eigenvalue weighted by Gasteiger charge is -2.17. The Morgan fingerprint density at radius 1 is 1.13 bits per heavy atom. The molecule has 0 aliphatic carbocycles. The molecule has 0 spiro atoms. The van der Waals surface area contributed by atoms with Crippen molar-refractivity contribution in [3.8, 4) is 0 Å². The second kappa shape index (κ2) is 5.20. The van der Waals surface area contributed by atoms with Gasteiger partial charge in [-0.1, -0.05) is 42.1 Å². The molecule has 0 aromatic heterocycles. The van der Waals surface area contributed by atoms with E-state index in [0.29, 0.717) is 11.1 Å². The minimum Gasteiger partial charge on any atom is -0.310 e. The predicted molar refractivity (Wildman–Crippen MR) is 65.7 cm³/mol. The first kappa shape index (κ1) is 11.3. The average Bonchev–Trinajstić information content (AvgIpc) is 2.46. The van der Waals surface area contributed by atoms with Crippen LogP contribution in [-0.4, -0.2) is 6.54 Å². The van der Waals surface area contributed by atoms with Crippen LogP contribution in [0.15, 0.2) is 18.2 Å². The van der Waals surface area contributed by atoms with E-state index in [1.54, 1.807) is 0 Å². The van der Waals surface area contributed by atoms with Crippen LogP contribution < -0.4 is 5.32 Å². The highest BCUT2D eigenvalue weighted by molar-refractivity contribution is 6.35. The Bertz CT molecular complexity index is 330. The molecule has 1 heterocycles. The molecule has 1 aliphatic heterocycles. The minimum atomic E-state index is 0.400. The Labute approximate surface area is 101 Å². The SMILES string of the molecule is Clc1ccc(C2CCCCCN2)c(Cl)c1. The molecule has 0 saturated carbocycles. The van der Waals surface area contributed by atoms with Gasteiger partial charge >= 0.3 is 0 Å². The van der Waals surface area contributed by atoms with Crippen LogP contribution in [0.5, 0.6) is 0 Å². The number of hydrogen-bond acceptors (Lipinski definition) is 1. The van der Waals surface area contributed by atoms with Gasteiger partial charge in [0.15, 0.2) is 0 Å². The van der Waals surface area contributed by atoms with Crippen molar-refractivity contribution in [2.45, 2.75) is 31.7 Å². The molecule has 3 heteroatoms. The van der Waals surface area contributed by atoms with E-state index < -0.39 is 0 Å². The van der Waals surface area contributed by atoms with E-state index in [4.69, 9.17) is 23.2 Å². The van der Waals surface area contributed by atoms with Crippen LogP contribution >= 0.6 is 23.2 Å². The van der Waals surface area contributed by atoms with Gasteiger partial charge in [0, 0.05) is 16.1 Å². The summed E-state index contributed by atoms with van der Waals surface area (Å²) in [7, 11) is 0. The van der Waals surface area contributed by atoms with Crippen molar-refractivity contribution in [1.82, 2.24) is 5.32 Å². The maximum atomic E-state index is 6.19. The predicted octanol–water partition coefficient (Wildman–Crippen LogP) is 4.20. The summed E-state index contributed by atoms with van der Waals surface area (Å²) in [6.07, 6.45) is 5.02. The van der Waals surface area contributed by atoms with Crippen molar-refractivity contribution in [2.75, 3.05) is 6.54 Å². The Morgan fingerprint density at radius 2 is 2.00 bits per heavy atom. The number of hydrogen-bond donors (Lipinski definition) is 1. The number of benzene rings is 1. The standard InChI is InChI=1S/C12H15Cl2N/c13-9-5-6-10(11(14)8-9)12-4-2-1-3-7-15-12/h5-6,8,12,15H,1-4,7H2. The first-order valence-corrected chi connectivity index (χ1v) is 6.21. The largest absolute Gasteiger partial charge is 0.310 e. The molecule has 1 aromatic rings. The van der Waals surface area contributed by atoms with E-state index in [9.17, 15) is 0 Å². The molecular formula is C12H15Cl2N.